The van der Waals surface area contributed by atoms with Gasteiger partial charge in [0.1, 0.15) is 5.75 Å². The van der Waals surface area contributed by atoms with Gasteiger partial charge in [-0.3, -0.25) is 14.5 Å². The highest BCUT2D eigenvalue weighted by molar-refractivity contribution is 5.87. The number of aliphatic carboxylic acids is 1. The van der Waals surface area contributed by atoms with E-state index in [1.165, 1.54) is 42.5 Å². The summed E-state index contributed by atoms with van der Waals surface area (Å²) in [5.41, 5.74) is 3.92. The van der Waals surface area contributed by atoms with Crippen molar-refractivity contribution in [2.45, 2.75) is 63.8 Å². The molecule has 3 aliphatic heterocycles. The average molecular weight is 411 g/mol. The first-order valence-corrected chi connectivity index (χ1v) is 11.3. The molecule has 4 bridgehead atoms. The Bertz CT molecular complexity index is 981. The zero-order chi connectivity index (χ0) is 20.8. The number of hydrogen-bond acceptors (Lipinski definition) is 4. The molecule has 1 unspecified atom stereocenters. The monoisotopic (exact) mass is 410 g/mol. The third kappa shape index (κ3) is 3.41. The number of aromatic amines is 1. The molecule has 0 spiro atoms. The number of rotatable bonds is 6. The van der Waals surface area contributed by atoms with Crippen LogP contribution in [0.4, 0.5) is 0 Å². The van der Waals surface area contributed by atoms with E-state index < -0.39 is 5.97 Å². The molecule has 1 aromatic carbocycles. The predicted molar refractivity (Wildman–Crippen MR) is 114 cm³/mol. The van der Waals surface area contributed by atoms with Crippen molar-refractivity contribution in [3.63, 3.8) is 0 Å². The highest BCUT2D eigenvalue weighted by atomic mass is 16.5. The van der Waals surface area contributed by atoms with Crippen LogP contribution < -0.4 is 4.74 Å². The molecule has 30 heavy (non-hydrogen) atoms. The number of H-pyrrole nitrogens is 1. The summed E-state index contributed by atoms with van der Waals surface area (Å²) in [6, 6.07) is 6.49. The maximum absolute atomic E-state index is 12.1. The molecule has 2 saturated heterocycles. The lowest BCUT2D eigenvalue weighted by Gasteiger charge is -2.53. The molecule has 6 rings (SSSR count). The van der Waals surface area contributed by atoms with Crippen LogP contribution in [0.5, 0.6) is 5.75 Å². The molecule has 0 amide bonds. The molecule has 4 heterocycles. The standard InChI is InChI=1S/C24H30N2O4/c1-2-15-10-14-11-19-23-17(8-9-26(13-14)24(15)19)18-12-16(6-7-20(18)25-23)30-22(29)5-3-4-21(27)28/h6-7,12,14-15,19,24-25H,2-5,8-11,13H2,1H3,(H,27,28)/t14-,15+,19+,24+/m1/s1. The lowest BCUT2D eigenvalue weighted by atomic mass is 9.65. The molecule has 5 atom stereocenters. The van der Waals surface area contributed by atoms with Gasteiger partial charge in [0.05, 0.1) is 0 Å². The van der Waals surface area contributed by atoms with Crippen LogP contribution in [-0.2, 0) is 16.0 Å². The van der Waals surface area contributed by atoms with Crippen LogP contribution in [0.15, 0.2) is 18.2 Å². The number of nitrogens with zero attached hydrogens (tertiary/aromatic N) is 1. The lowest BCUT2D eigenvalue weighted by molar-refractivity contribution is -0.137. The molecule has 2 N–H and O–H groups in total. The number of esters is 1. The van der Waals surface area contributed by atoms with Crippen molar-refractivity contribution in [3.05, 3.63) is 29.5 Å². The Balaban J connectivity index is 1.41. The smallest absolute Gasteiger partial charge is 0.311 e. The zero-order valence-corrected chi connectivity index (χ0v) is 17.5. The molecule has 160 valence electrons. The van der Waals surface area contributed by atoms with Gasteiger partial charge in [0.15, 0.2) is 0 Å². The molecule has 4 aliphatic rings. The number of aromatic nitrogens is 1. The van der Waals surface area contributed by atoms with Crippen LogP contribution in [0, 0.1) is 11.8 Å². The molecule has 1 aliphatic carbocycles. The summed E-state index contributed by atoms with van der Waals surface area (Å²) < 4.78 is 5.51. The second kappa shape index (κ2) is 7.73. The first-order chi connectivity index (χ1) is 14.5. The van der Waals surface area contributed by atoms with E-state index in [-0.39, 0.29) is 18.8 Å². The molecule has 1 saturated carbocycles. The molecule has 6 nitrogen and oxygen atoms in total. The van der Waals surface area contributed by atoms with E-state index in [1.54, 1.807) is 0 Å². The fourth-order valence-corrected chi connectivity index (χ4v) is 6.30. The van der Waals surface area contributed by atoms with E-state index in [2.05, 4.69) is 16.8 Å². The quantitative estimate of drug-likeness (QED) is 0.554. The molecule has 1 aromatic heterocycles. The number of ether oxygens (including phenoxy) is 1. The largest absolute Gasteiger partial charge is 0.481 e. The van der Waals surface area contributed by atoms with E-state index in [0.29, 0.717) is 24.1 Å². The predicted octanol–water partition coefficient (Wildman–Crippen LogP) is 4.09. The summed E-state index contributed by atoms with van der Waals surface area (Å²) in [7, 11) is 0. The summed E-state index contributed by atoms with van der Waals surface area (Å²) in [5, 5.41) is 9.89. The van der Waals surface area contributed by atoms with Gasteiger partial charge >= 0.3 is 11.9 Å². The van der Waals surface area contributed by atoms with Crippen LogP contribution in [0.1, 0.15) is 62.6 Å². The number of benzene rings is 1. The van der Waals surface area contributed by atoms with Crippen LogP contribution in [0.3, 0.4) is 0 Å². The van der Waals surface area contributed by atoms with Crippen LogP contribution in [0.25, 0.3) is 10.9 Å². The number of carbonyl (C=O) groups is 2. The SMILES string of the molecule is CC[C@H]1C[C@@H]2C[C@H]3c4[nH]c5ccc(OC(=O)CCCC(=O)O)cc5c4CCN(C2)[C@@H]13. The third-order valence-corrected chi connectivity index (χ3v) is 7.49. The maximum atomic E-state index is 12.1. The number of carboxylic acids is 1. The number of nitrogens with one attached hydrogen (secondary N) is 1. The van der Waals surface area contributed by atoms with Crippen molar-refractivity contribution < 1.29 is 19.4 Å². The molecule has 3 fully saturated rings. The number of carboxylic acid groups (broad SMARTS) is 1. The molecular formula is C24H30N2O4. The Labute approximate surface area is 176 Å². The van der Waals surface area contributed by atoms with Gasteiger partial charge in [0, 0.05) is 54.5 Å². The Kier molecular flexibility index (Phi) is 5.05. The van der Waals surface area contributed by atoms with E-state index in [0.717, 1.165) is 30.3 Å². The van der Waals surface area contributed by atoms with Crippen LogP contribution in [0.2, 0.25) is 0 Å². The molecule has 0 radical (unpaired) electrons. The number of fused-ring (bicyclic) bond motifs is 4. The van der Waals surface area contributed by atoms with Gasteiger partial charge in [-0.25, -0.2) is 0 Å². The highest BCUT2D eigenvalue weighted by Crippen LogP contribution is 2.51. The minimum Gasteiger partial charge on any atom is -0.481 e. The Hall–Kier alpha value is -2.34. The maximum Gasteiger partial charge on any atom is 0.311 e. The van der Waals surface area contributed by atoms with E-state index in [4.69, 9.17) is 9.84 Å². The molecular weight excluding hydrogens is 380 g/mol. The number of carbonyl (C=O) groups excluding carboxylic acids is 1. The van der Waals surface area contributed by atoms with Gasteiger partial charge in [-0.15, -0.1) is 0 Å². The molecule has 6 heteroatoms. The third-order valence-electron chi connectivity index (χ3n) is 7.49. The zero-order valence-electron chi connectivity index (χ0n) is 17.5. The fourth-order valence-electron chi connectivity index (χ4n) is 6.30. The summed E-state index contributed by atoms with van der Waals surface area (Å²) in [5.74, 6) is 1.47. The second-order valence-corrected chi connectivity index (χ2v) is 9.29. The van der Waals surface area contributed by atoms with Crippen molar-refractivity contribution >= 4 is 22.8 Å². The van der Waals surface area contributed by atoms with Crippen molar-refractivity contribution in [2.24, 2.45) is 11.8 Å². The van der Waals surface area contributed by atoms with Gasteiger partial charge in [-0.05, 0) is 61.3 Å². The van der Waals surface area contributed by atoms with E-state index >= 15 is 0 Å². The first-order valence-electron chi connectivity index (χ1n) is 11.3. The minimum atomic E-state index is -0.890. The Morgan fingerprint density at radius 3 is 2.93 bits per heavy atom. The second-order valence-electron chi connectivity index (χ2n) is 9.29. The van der Waals surface area contributed by atoms with Gasteiger partial charge in [-0.1, -0.05) is 13.3 Å². The normalized spacial score (nSPS) is 29.4. The Morgan fingerprint density at radius 2 is 2.13 bits per heavy atom. The van der Waals surface area contributed by atoms with Crippen molar-refractivity contribution in [1.29, 1.82) is 0 Å². The molecule has 2 aromatic rings. The highest BCUT2D eigenvalue weighted by Gasteiger charge is 2.48. The van der Waals surface area contributed by atoms with Crippen LogP contribution >= 0.6 is 0 Å². The van der Waals surface area contributed by atoms with Crippen molar-refractivity contribution in [1.82, 2.24) is 9.88 Å². The summed E-state index contributed by atoms with van der Waals surface area (Å²) in [6.45, 7) is 4.69. The van der Waals surface area contributed by atoms with E-state index in [1.807, 2.05) is 18.2 Å². The summed E-state index contributed by atoms with van der Waals surface area (Å²) in [4.78, 5) is 29.2. The van der Waals surface area contributed by atoms with Gasteiger partial charge < -0.3 is 14.8 Å². The lowest BCUT2D eigenvalue weighted by Crippen LogP contribution is -2.56. The average Bonchev–Trinajstić information content (AvgIpc) is 3.04. The van der Waals surface area contributed by atoms with Crippen LogP contribution in [-0.4, -0.2) is 46.1 Å². The summed E-state index contributed by atoms with van der Waals surface area (Å²) in [6.07, 6.45) is 5.35. The topological polar surface area (TPSA) is 82.6 Å². The minimum absolute atomic E-state index is 0.0156. The van der Waals surface area contributed by atoms with Crippen molar-refractivity contribution in [2.75, 3.05) is 13.1 Å². The Morgan fingerprint density at radius 1 is 1.27 bits per heavy atom. The van der Waals surface area contributed by atoms with Gasteiger partial charge in [-0.2, -0.15) is 0 Å². The number of piperidine rings is 2. The van der Waals surface area contributed by atoms with Gasteiger partial charge in [0.25, 0.3) is 0 Å². The van der Waals surface area contributed by atoms with Crippen molar-refractivity contribution in [3.8, 4) is 5.75 Å². The van der Waals surface area contributed by atoms with E-state index in [9.17, 15) is 9.59 Å². The summed E-state index contributed by atoms with van der Waals surface area (Å²) >= 11 is 0. The fraction of sp³-hybridized carbons (Fsp3) is 0.583. The number of hydrogen-bond donors (Lipinski definition) is 2. The first kappa shape index (κ1) is 19.6. The van der Waals surface area contributed by atoms with Gasteiger partial charge in [0.2, 0.25) is 0 Å².